The number of benzene rings is 2. The molecular weight excluding hydrogens is 468 g/mol. The van der Waals surface area contributed by atoms with Crippen molar-refractivity contribution in [2.75, 3.05) is 33.9 Å². The van der Waals surface area contributed by atoms with Crippen LogP contribution in [0.15, 0.2) is 53.4 Å². The Morgan fingerprint density at radius 1 is 1.09 bits per heavy atom. The van der Waals surface area contributed by atoms with Crippen LogP contribution in [-0.4, -0.2) is 59.4 Å². The molecule has 2 aromatic carbocycles. The topological polar surface area (TPSA) is 94.2 Å². The van der Waals surface area contributed by atoms with Crippen molar-refractivity contribution in [2.24, 2.45) is 5.41 Å². The van der Waals surface area contributed by atoms with Crippen molar-refractivity contribution in [2.45, 2.75) is 49.5 Å². The summed E-state index contributed by atoms with van der Waals surface area (Å²) in [4.78, 5) is 14.3. The van der Waals surface area contributed by atoms with E-state index in [9.17, 15) is 13.2 Å². The zero-order chi connectivity index (χ0) is 25.1. The second kappa shape index (κ2) is 10.5. The summed E-state index contributed by atoms with van der Waals surface area (Å²) >= 11 is 0. The third-order valence-corrected chi connectivity index (χ3v) is 8.55. The number of methoxy groups -OCH3 is 2. The predicted octanol–water partition coefficient (Wildman–Crippen LogP) is 4.17. The van der Waals surface area contributed by atoms with Crippen LogP contribution >= 0.6 is 0 Å². The van der Waals surface area contributed by atoms with E-state index in [2.05, 4.69) is 4.72 Å². The molecule has 1 aliphatic carbocycles. The largest absolute Gasteiger partial charge is 0.493 e. The molecule has 9 heteroatoms. The molecule has 2 aliphatic rings. The van der Waals surface area contributed by atoms with Gasteiger partial charge in [0.25, 0.3) is 0 Å². The van der Waals surface area contributed by atoms with Gasteiger partial charge in [0.1, 0.15) is 0 Å². The maximum atomic E-state index is 12.9. The highest BCUT2D eigenvalue weighted by molar-refractivity contribution is 7.89. The minimum Gasteiger partial charge on any atom is -0.493 e. The molecule has 35 heavy (non-hydrogen) atoms. The molecule has 1 amide bonds. The van der Waals surface area contributed by atoms with E-state index in [-0.39, 0.29) is 23.5 Å². The molecule has 190 valence electrons. The number of nitrogens with zero attached hydrogens (tertiary/aromatic N) is 1. The summed E-state index contributed by atoms with van der Waals surface area (Å²) in [6, 6.07) is 14.1. The van der Waals surface area contributed by atoms with E-state index in [4.69, 9.17) is 14.2 Å². The van der Waals surface area contributed by atoms with Crippen LogP contribution < -0.4 is 14.2 Å². The Balaban J connectivity index is 1.62. The van der Waals surface area contributed by atoms with E-state index >= 15 is 0 Å². The smallest absolute Gasteiger partial charge is 0.409 e. The molecule has 1 saturated heterocycles. The summed E-state index contributed by atoms with van der Waals surface area (Å²) in [5.74, 6) is 1.20. The van der Waals surface area contributed by atoms with Gasteiger partial charge >= 0.3 is 6.09 Å². The fourth-order valence-corrected chi connectivity index (χ4v) is 6.34. The van der Waals surface area contributed by atoms with Gasteiger partial charge in [0, 0.05) is 31.0 Å². The first-order valence-corrected chi connectivity index (χ1v) is 13.5. The molecule has 0 radical (unpaired) electrons. The molecule has 2 atom stereocenters. The maximum Gasteiger partial charge on any atom is 0.409 e. The SMILES string of the molecule is COC(=O)N1CC(c2ccc(OC)c(OC3CCCC3)c2)[C@@](C)(CNS(=O)(=O)c2ccccc2)C1. The maximum absolute atomic E-state index is 12.9. The number of carbonyl (C=O) groups is 1. The van der Waals surface area contributed by atoms with E-state index in [1.807, 2.05) is 25.1 Å². The summed E-state index contributed by atoms with van der Waals surface area (Å²) in [6.45, 7) is 2.92. The lowest BCUT2D eigenvalue weighted by atomic mass is 9.76. The average molecular weight is 503 g/mol. The van der Waals surface area contributed by atoms with Crippen molar-refractivity contribution >= 4 is 16.1 Å². The van der Waals surface area contributed by atoms with Crippen molar-refractivity contribution in [3.8, 4) is 11.5 Å². The number of ether oxygens (including phenoxy) is 3. The Morgan fingerprint density at radius 3 is 2.46 bits per heavy atom. The van der Waals surface area contributed by atoms with E-state index in [1.54, 1.807) is 42.3 Å². The Kier molecular flexibility index (Phi) is 7.56. The second-order valence-electron chi connectivity index (χ2n) is 9.63. The Hall–Kier alpha value is -2.78. The van der Waals surface area contributed by atoms with E-state index < -0.39 is 21.5 Å². The van der Waals surface area contributed by atoms with Crippen LogP contribution in [0.2, 0.25) is 0 Å². The van der Waals surface area contributed by atoms with Crippen LogP contribution in [0, 0.1) is 5.41 Å². The second-order valence-corrected chi connectivity index (χ2v) is 11.4. The van der Waals surface area contributed by atoms with Gasteiger partial charge in [0.05, 0.1) is 25.2 Å². The van der Waals surface area contributed by atoms with E-state index in [0.29, 0.717) is 24.6 Å². The third kappa shape index (κ3) is 5.56. The minimum absolute atomic E-state index is 0.142. The van der Waals surface area contributed by atoms with Crippen LogP contribution in [0.5, 0.6) is 11.5 Å². The number of sulfonamides is 1. The van der Waals surface area contributed by atoms with Gasteiger partial charge in [-0.05, 0) is 55.5 Å². The molecule has 0 aromatic heterocycles. The number of carbonyl (C=O) groups excluding carboxylic acids is 1. The zero-order valence-electron chi connectivity index (χ0n) is 20.5. The predicted molar refractivity (Wildman–Crippen MR) is 132 cm³/mol. The Morgan fingerprint density at radius 2 is 1.80 bits per heavy atom. The first-order valence-electron chi connectivity index (χ1n) is 12.0. The number of amides is 1. The number of nitrogens with one attached hydrogen (secondary N) is 1. The molecule has 1 heterocycles. The standard InChI is InChI=1S/C26H34N2O6S/c1-26(17-27-35(30,31)21-11-5-4-6-12-21)18-28(25(29)33-3)16-22(26)19-13-14-23(32-2)24(15-19)34-20-9-7-8-10-20/h4-6,11-15,20,22,27H,7-10,16-18H2,1-3H3/t22?,26-/m0/s1. The van der Waals surface area contributed by atoms with Gasteiger partial charge in [0.2, 0.25) is 10.0 Å². The number of hydrogen-bond donors (Lipinski definition) is 1. The van der Waals surface area contributed by atoms with Gasteiger partial charge in [0.15, 0.2) is 11.5 Å². The molecule has 1 saturated carbocycles. The lowest BCUT2D eigenvalue weighted by Crippen LogP contribution is -2.40. The van der Waals surface area contributed by atoms with Crippen LogP contribution in [0.1, 0.15) is 44.1 Å². The van der Waals surface area contributed by atoms with Crippen LogP contribution in [0.25, 0.3) is 0 Å². The van der Waals surface area contributed by atoms with Crippen LogP contribution in [-0.2, 0) is 14.8 Å². The summed E-state index contributed by atoms with van der Waals surface area (Å²) in [5, 5.41) is 0. The first kappa shape index (κ1) is 25.3. The fraction of sp³-hybridized carbons (Fsp3) is 0.500. The highest BCUT2D eigenvalue weighted by atomic mass is 32.2. The molecule has 1 unspecified atom stereocenters. The molecule has 2 aromatic rings. The monoisotopic (exact) mass is 502 g/mol. The zero-order valence-corrected chi connectivity index (χ0v) is 21.3. The molecular formula is C26H34N2O6S. The van der Waals surface area contributed by atoms with Gasteiger partial charge in [-0.1, -0.05) is 31.2 Å². The van der Waals surface area contributed by atoms with Gasteiger partial charge in [-0.15, -0.1) is 0 Å². The summed E-state index contributed by atoms with van der Waals surface area (Å²) in [7, 11) is -0.727. The lowest BCUT2D eigenvalue weighted by molar-refractivity contribution is 0.128. The lowest BCUT2D eigenvalue weighted by Gasteiger charge is -2.31. The molecule has 1 aliphatic heterocycles. The van der Waals surface area contributed by atoms with Gasteiger partial charge < -0.3 is 19.1 Å². The summed E-state index contributed by atoms with van der Waals surface area (Å²) in [6.07, 6.45) is 4.09. The van der Waals surface area contributed by atoms with Crippen molar-refractivity contribution in [3.05, 3.63) is 54.1 Å². The van der Waals surface area contributed by atoms with Crippen LogP contribution in [0.3, 0.4) is 0 Å². The molecule has 0 spiro atoms. The van der Waals surface area contributed by atoms with Crippen LogP contribution in [0.4, 0.5) is 4.79 Å². The van der Waals surface area contributed by atoms with Crippen molar-refractivity contribution in [1.82, 2.24) is 9.62 Å². The normalized spacial score (nSPS) is 22.8. The highest BCUT2D eigenvalue weighted by Gasteiger charge is 2.46. The Bertz CT molecular complexity index is 1130. The van der Waals surface area contributed by atoms with Crippen molar-refractivity contribution in [1.29, 1.82) is 0 Å². The van der Waals surface area contributed by atoms with E-state index in [1.165, 1.54) is 7.11 Å². The quantitative estimate of drug-likeness (QED) is 0.582. The third-order valence-electron chi connectivity index (χ3n) is 7.13. The summed E-state index contributed by atoms with van der Waals surface area (Å²) < 4.78 is 45.4. The highest BCUT2D eigenvalue weighted by Crippen LogP contribution is 2.45. The van der Waals surface area contributed by atoms with E-state index in [0.717, 1.165) is 31.2 Å². The van der Waals surface area contributed by atoms with Crippen molar-refractivity contribution < 1.29 is 27.4 Å². The number of rotatable bonds is 8. The van der Waals surface area contributed by atoms with Crippen molar-refractivity contribution in [3.63, 3.8) is 0 Å². The summed E-state index contributed by atoms with van der Waals surface area (Å²) in [5.41, 5.74) is 0.390. The minimum atomic E-state index is -3.70. The first-order chi connectivity index (χ1) is 16.8. The number of hydrogen-bond acceptors (Lipinski definition) is 6. The van der Waals surface area contributed by atoms with Gasteiger partial charge in [-0.25, -0.2) is 17.9 Å². The average Bonchev–Trinajstić information content (AvgIpc) is 3.51. The molecule has 0 bridgehead atoms. The fourth-order valence-electron chi connectivity index (χ4n) is 5.14. The molecule has 8 nitrogen and oxygen atoms in total. The molecule has 1 N–H and O–H groups in total. The number of likely N-dealkylation sites (tertiary alicyclic amines) is 1. The Labute approximate surface area is 207 Å². The van der Waals surface area contributed by atoms with Gasteiger partial charge in [-0.3, -0.25) is 0 Å². The molecule has 4 rings (SSSR count). The van der Waals surface area contributed by atoms with Gasteiger partial charge in [-0.2, -0.15) is 0 Å². The molecule has 2 fully saturated rings.